The number of hydrogen-bond donors (Lipinski definition) is 2. The lowest BCUT2D eigenvalue weighted by atomic mass is 10.0. The van der Waals surface area contributed by atoms with Gasteiger partial charge < -0.3 is 15.4 Å². The van der Waals surface area contributed by atoms with Crippen molar-refractivity contribution < 1.29 is 14.3 Å². The van der Waals surface area contributed by atoms with E-state index in [1.807, 2.05) is 54.6 Å². The van der Waals surface area contributed by atoms with Gasteiger partial charge in [0.05, 0.1) is 19.2 Å². The molecule has 33 heavy (non-hydrogen) atoms. The van der Waals surface area contributed by atoms with Gasteiger partial charge in [0.1, 0.15) is 5.75 Å². The fourth-order valence-corrected chi connectivity index (χ4v) is 3.48. The molecule has 0 aliphatic rings. The summed E-state index contributed by atoms with van der Waals surface area (Å²) in [5.41, 5.74) is 4.90. The number of anilines is 2. The number of hydrogen-bond acceptors (Lipinski definition) is 3. The van der Waals surface area contributed by atoms with Gasteiger partial charge in [-0.15, -0.1) is 0 Å². The van der Waals surface area contributed by atoms with Gasteiger partial charge in [0.25, 0.3) is 5.91 Å². The molecule has 4 aromatic rings. The summed E-state index contributed by atoms with van der Waals surface area (Å²) in [6.45, 7) is 0. The second-order valence-corrected chi connectivity index (χ2v) is 7.52. The van der Waals surface area contributed by atoms with Gasteiger partial charge in [0.2, 0.25) is 5.91 Å². The average molecular weight is 437 g/mol. The number of ether oxygens (including phenoxy) is 1. The fraction of sp³-hybridized carbons (Fsp3) is 0.0714. The Morgan fingerprint density at radius 2 is 1.33 bits per heavy atom. The van der Waals surface area contributed by atoms with Gasteiger partial charge in [-0.05, 0) is 53.1 Å². The van der Waals surface area contributed by atoms with Crippen LogP contribution in [0.5, 0.6) is 5.75 Å². The maximum absolute atomic E-state index is 12.5. The van der Waals surface area contributed by atoms with E-state index in [0.29, 0.717) is 22.7 Å². The molecule has 0 spiro atoms. The highest BCUT2D eigenvalue weighted by Crippen LogP contribution is 2.24. The zero-order valence-electron chi connectivity index (χ0n) is 18.2. The average Bonchev–Trinajstić information content (AvgIpc) is 2.86. The number of nitrogens with one attached hydrogen (secondary N) is 2. The van der Waals surface area contributed by atoms with Crippen LogP contribution in [0.25, 0.3) is 11.1 Å². The predicted octanol–water partition coefficient (Wildman–Crippen LogP) is 5.80. The summed E-state index contributed by atoms with van der Waals surface area (Å²) in [6.07, 6.45) is 0.269. The van der Waals surface area contributed by atoms with Gasteiger partial charge in [0, 0.05) is 11.3 Å². The standard InChI is InChI=1S/C28H24N2O3/c1-33-26-10-6-5-9-25(26)30-28(32)23-15-17-24(18-16-23)29-27(31)19-20-11-13-22(14-12-20)21-7-3-2-4-8-21/h2-18H,19H2,1H3,(H,29,31)(H,30,32). The predicted molar refractivity (Wildman–Crippen MR) is 132 cm³/mol. The van der Waals surface area contributed by atoms with Crippen LogP contribution in [0.1, 0.15) is 15.9 Å². The van der Waals surface area contributed by atoms with Crippen LogP contribution >= 0.6 is 0 Å². The summed E-state index contributed by atoms with van der Waals surface area (Å²) in [7, 11) is 1.56. The number of amides is 2. The molecular formula is C28H24N2O3. The second-order valence-electron chi connectivity index (χ2n) is 7.52. The Morgan fingerprint density at radius 3 is 2.03 bits per heavy atom. The van der Waals surface area contributed by atoms with Crippen LogP contribution in [-0.2, 0) is 11.2 Å². The van der Waals surface area contributed by atoms with Crippen LogP contribution in [0.4, 0.5) is 11.4 Å². The Bertz CT molecular complexity index is 1230. The van der Waals surface area contributed by atoms with Crippen LogP contribution in [-0.4, -0.2) is 18.9 Å². The smallest absolute Gasteiger partial charge is 0.255 e. The van der Waals surface area contributed by atoms with E-state index in [0.717, 1.165) is 16.7 Å². The summed E-state index contributed by atoms with van der Waals surface area (Å²) < 4.78 is 5.26. The van der Waals surface area contributed by atoms with E-state index in [2.05, 4.69) is 22.8 Å². The van der Waals surface area contributed by atoms with Gasteiger partial charge in [0.15, 0.2) is 0 Å². The summed E-state index contributed by atoms with van der Waals surface area (Å²) in [4.78, 5) is 25.0. The monoisotopic (exact) mass is 436 g/mol. The van der Waals surface area contributed by atoms with E-state index in [-0.39, 0.29) is 18.2 Å². The van der Waals surface area contributed by atoms with Crippen molar-refractivity contribution in [2.24, 2.45) is 0 Å². The Balaban J connectivity index is 1.34. The minimum Gasteiger partial charge on any atom is -0.495 e. The third-order valence-corrected chi connectivity index (χ3v) is 5.21. The molecule has 5 nitrogen and oxygen atoms in total. The lowest BCUT2D eigenvalue weighted by Crippen LogP contribution is -2.15. The first-order valence-corrected chi connectivity index (χ1v) is 10.6. The summed E-state index contributed by atoms with van der Waals surface area (Å²) in [5.74, 6) is 0.219. The first kappa shape index (κ1) is 21.8. The minimum atomic E-state index is -0.254. The van der Waals surface area contributed by atoms with Gasteiger partial charge in [-0.2, -0.15) is 0 Å². The molecule has 0 aliphatic carbocycles. The van der Waals surface area contributed by atoms with E-state index >= 15 is 0 Å². The number of carbonyl (C=O) groups excluding carboxylic acids is 2. The molecule has 0 saturated heterocycles. The van der Waals surface area contributed by atoms with Gasteiger partial charge in [-0.3, -0.25) is 9.59 Å². The molecule has 0 saturated carbocycles. The topological polar surface area (TPSA) is 67.4 Å². The highest BCUT2D eigenvalue weighted by Gasteiger charge is 2.10. The molecule has 164 valence electrons. The molecule has 0 atom stereocenters. The van der Waals surface area contributed by atoms with Crippen LogP contribution < -0.4 is 15.4 Å². The molecule has 0 bridgehead atoms. The normalized spacial score (nSPS) is 10.3. The van der Waals surface area contributed by atoms with Crippen molar-refractivity contribution in [2.45, 2.75) is 6.42 Å². The Labute approximate surface area is 193 Å². The van der Waals surface area contributed by atoms with Gasteiger partial charge in [-0.1, -0.05) is 66.7 Å². The molecule has 2 amide bonds. The van der Waals surface area contributed by atoms with E-state index in [9.17, 15) is 9.59 Å². The number of carbonyl (C=O) groups is 2. The van der Waals surface area contributed by atoms with E-state index < -0.39 is 0 Å². The number of benzene rings is 4. The molecule has 4 rings (SSSR count). The SMILES string of the molecule is COc1ccccc1NC(=O)c1ccc(NC(=O)Cc2ccc(-c3ccccc3)cc2)cc1. The summed E-state index contributed by atoms with van der Waals surface area (Å²) in [5, 5.41) is 5.72. The molecule has 0 radical (unpaired) electrons. The zero-order valence-corrected chi connectivity index (χ0v) is 18.2. The van der Waals surface area contributed by atoms with E-state index in [1.54, 1.807) is 43.5 Å². The number of methoxy groups -OCH3 is 1. The third-order valence-electron chi connectivity index (χ3n) is 5.21. The van der Waals surface area contributed by atoms with E-state index in [4.69, 9.17) is 4.74 Å². The maximum Gasteiger partial charge on any atom is 0.255 e. The molecule has 5 heteroatoms. The lowest BCUT2D eigenvalue weighted by molar-refractivity contribution is -0.115. The Hall–Kier alpha value is -4.38. The third kappa shape index (κ3) is 5.66. The van der Waals surface area contributed by atoms with Crippen molar-refractivity contribution in [3.8, 4) is 16.9 Å². The molecule has 0 unspecified atom stereocenters. The van der Waals surface area contributed by atoms with Crippen LogP contribution in [0.3, 0.4) is 0 Å². The van der Waals surface area contributed by atoms with Crippen LogP contribution in [0.15, 0.2) is 103 Å². The van der Waals surface area contributed by atoms with Crippen molar-refractivity contribution in [2.75, 3.05) is 17.7 Å². The molecule has 0 aliphatic heterocycles. The first-order valence-electron chi connectivity index (χ1n) is 10.6. The quantitative estimate of drug-likeness (QED) is 0.385. The van der Waals surface area contributed by atoms with Crippen molar-refractivity contribution in [1.82, 2.24) is 0 Å². The summed E-state index contributed by atoms with van der Waals surface area (Å²) in [6, 6.07) is 32.1. The summed E-state index contributed by atoms with van der Waals surface area (Å²) >= 11 is 0. The van der Waals surface area contributed by atoms with Gasteiger partial charge >= 0.3 is 0 Å². The van der Waals surface area contributed by atoms with Crippen molar-refractivity contribution >= 4 is 23.2 Å². The lowest BCUT2D eigenvalue weighted by Gasteiger charge is -2.10. The fourth-order valence-electron chi connectivity index (χ4n) is 3.48. The van der Waals surface area contributed by atoms with Crippen LogP contribution in [0, 0.1) is 0 Å². The largest absolute Gasteiger partial charge is 0.495 e. The number of para-hydroxylation sites is 2. The molecule has 0 fully saturated rings. The second kappa shape index (κ2) is 10.3. The minimum absolute atomic E-state index is 0.117. The van der Waals surface area contributed by atoms with Crippen molar-refractivity contribution in [1.29, 1.82) is 0 Å². The molecule has 4 aromatic carbocycles. The first-order chi connectivity index (χ1) is 16.1. The van der Waals surface area contributed by atoms with Crippen molar-refractivity contribution in [3.05, 3.63) is 114 Å². The van der Waals surface area contributed by atoms with Gasteiger partial charge in [-0.25, -0.2) is 0 Å². The number of rotatable bonds is 7. The maximum atomic E-state index is 12.5. The highest BCUT2D eigenvalue weighted by atomic mass is 16.5. The zero-order chi connectivity index (χ0) is 23.0. The Morgan fingerprint density at radius 1 is 0.697 bits per heavy atom. The van der Waals surface area contributed by atoms with Crippen LogP contribution in [0.2, 0.25) is 0 Å². The molecule has 0 heterocycles. The van der Waals surface area contributed by atoms with Crippen molar-refractivity contribution in [3.63, 3.8) is 0 Å². The Kier molecular flexibility index (Phi) is 6.81. The van der Waals surface area contributed by atoms with E-state index in [1.165, 1.54) is 0 Å². The molecular weight excluding hydrogens is 412 g/mol. The molecule has 2 N–H and O–H groups in total. The molecule has 0 aromatic heterocycles. The highest BCUT2D eigenvalue weighted by molar-refractivity contribution is 6.05.